The number of hydrogen-bond donors (Lipinski definition) is 0. The maximum absolute atomic E-state index is 13.4. The van der Waals surface area contributed by atoms with Crippen LogP contribution in [-0.4, -0.2) is 30.9 Å². The molecule has 0 saturated carbocycles. The molecule has 3 rings (SSSR count). The predicted octanol–water partition coefficient (Wildman–Crippen LogP) is 4.78. The summed E-state index contributed by atoms with van der Waals surface area (Å²) in [5.74, 6) is -0.721. The zero-order valence-corrected chi connectivity index (χ0v) is 16.4. The Labute approximate surface area is 169 Å². The third-order valence-electron chi connectivity index (χ3n) is 4.00. The number of benzene rings is 1. The number of rotatable bonds is 7. The summed E-state index contributed by atoms with van der Waals surface area (Å²) in [6, 6.07) is 9.42. The van der Waals surface area contributed by atoms with Crippen molar-refractivity contribution < 1.29 is 23.5 Å². The number of methoxy groups -OCH3 is 2. The fourth-order valence-electron chi connectivity index (χ4n) is 2.64. The third-order valence-corrected chi connectivity index (χ3v) is 4.86. The molecule has 9 nitrogen and oxygen atoms in total. The van der Waals surface area contributed by atoms with Crippen molar-refractivity contribution in [2.75, 3.05) is 14.2 Å². The molecule has 1 aromatic carbocycles. The van der Waals surface area contributed by atoms with Crippen molar-refractivity contribution >= 4 is 28.8 Å². The Balaban J connectivity index is 2.09. The normalized spacial score (nSPS) is 10.1. The highest BCUT2D eigenvalue weighted by Gasteiger charge is 2.29. The van der Waals surface area contributed by atoms with E-state index in [2.05, 4.69) is 10.0 Å². The van der Waals surface area contributed by atoms with Gasteiger partial charge < -0.3 is 13.9 Å². The van der Waals surface area contributed by atoms with E-state index in [1.54, 1.807) is 6.07 Å². The van der Waals surface area contributed by atoms with Crippen LogP contribution in [0.25, 0.3) is 10.4 Å². The van der Waals surface area contributed by atoms with Crippen LogP contribution in [0.15, 0.2) is 57.6 Å². The molecule has 0 radical (unpaired) electrons. The highest BCUT2D eigenvalue weighted by Crippen LogP contribution is 2.36. The van der Waals surface area contributed by atoms with Crippen molar-refractivity contribution in [1.29, 1.82) is 0 Å². The van der Waals surface area contributed by atoms with Gasteiger partial charge in [0, 0.05) is 9.79 Å². The Morgan fingerprint density at radius 2 is 1.93 bits per heavy atom. The van der Waals surface area contributed by atoms with E-state index in [-0.39, 0.29) is 35.1 Å². The molecule has 2 amide bonds. The molecule has 2 heterocycles. The van der Waals surface area contributed by atoms with Gasteiger partial charge in [0.25, 0.3) is 11.8 Å². The van der Waals surface area contributed by atoms with Crippen LogP contribution in [0.4, 0.5) is 5.69 Å². The van der Waals surface area contributed by atoms with Gasteiger partial charge in [0.1, 0.15) is 0 Å². The van der Waals surface area contributed by atoms with Crippen molar-refractivity contribution in [2.24, 2.45) is 5.11 Å². The standard InChI is InChI=1S/C19H16N4O5S/c1-26-16-9-13(14(21-22-20)10-17(16)27-2)18(24)23(11-12-5-4-8-29-12)19(25)15-6-3-7-28-15/h3-10H,11H2,1-2H3. The minimum Gasteiger partial charge on any atom is -0.493 e. The van der Waals surface area contributed by atoms with E-state index in [0.29, 0.717) is 0 Å². The van der Waals surface area contributed by atoms with Gasteiger partial charge in [-0.05, 0) is 41.2 Å². The van der Waals surface area contributed by atoms with E-state index in [4.69, 9.17) is 19.4 Å². The zero-order valence-electron chi connectivity index (χ0n) is 15.6. The average molecular weight is 412 g/mol. The number of nitrogens with zero attached hydrogens (tertiary/aromatic N) is 4. The number of imide groups is 1. The van der Waals surface area contributed by atoms with Crippen LogP contribution < -0.4 is 9.47 Å². The Morgan fingerprint density at radius 3 is 2.52 bits per heavy atom. The second-order valence-corrected chi connectivity index (χ2v) is 6.70. The summed E-state index contributed by atoms with van der Waals surface area (Å²) >= 11 is 1.40. The molecule has 0 fully saturated rings. The smallest absolute Gasteiger partial charge is 0.296 e. The summed E-state index contributed by atoms with van der Waals surface area (Å²) in [7, 11) is 2.83. The Kier molecular flexibility index (Phi) is 6.18. The van der Waals surface area contributed by atoms with Gasteiger partial charge in [0.2, 0.25) is 0 Å². The summed E-state index contributed by atoms with van der Waals surface area (Å²) in [5.41, 5.74) is 8.91. The second kappa shape index (κ2) is 8.96. The summed E-state index contributed by atoms with van der Waals surface area (Å²) in [6.45, 7) is 0.0279. The monoisotopic (exact) mass is 412 g/mol. The van der Waals surface area contributed by atoms with Crippen LogP contribution in [-0.2, 0) is 6.54 Å². The number of azide groups is 1. The molecule has 0 spiro atoms. The maximum Gasteiger partial charge on any atom is 0.296 e. The van der Waals surface area contributed by atoms with Gasteiger partial charge in [-0.3, -0.25) is 14.5 Å². The number of thiophene rings is 1. The molecule has 0 aliphatic heterocycles. The maximum atomic E-state index is 13.4. The first-order chi connectivity index (χ1) is 14.1. The van der Waals surface area contributed by atoms with E-state index >= 15 is 0 Å². The number of furan rings is 1. The van der Waals surface area contributed by atoms with E-state index in [1.165, 1.54) is 50.0 Å². The largest absolute Gasteiger partial charge is 0.493 e. The first kappa shape index (κ1) is 20.0. The average Bonchev–Trinajstić information content (AvgIpc) is 3.45. The fourth-order valence-corrected chi connectivity index (χ4v) is 3.34. The number of ether oxygens (including phenoxy) is 2. The molecule has 29 heavy (non-hydrogen) atoms. The van der Waals surface area contributed by atoms with Crippen LogP contribution in [0.5, 0.6) is 11.5 Å². The minimum atomic E-state index is -0.664. The minimum absolute atomic E-state index is 0.00286. The number of hydrogen-bond acceptors (Lipinski definition) is 7. The first-order valence-electron chi connectivity index (χ1n) is 8.32. The summed E-state index contributed by atoms with van der Waals surface area (Å²) in [5, 5.41) is 5.42. The molecule has 3 aromatic rings. The molecular formula is C19H16N4O5S. The van der Waals surface area contributed by atoms with Crippen LogP contribution in [0.1, 0.15) is 25.8 Å². The Morgan fingerprint density at radius 1 is 1.17 bits per heavy atom. The van der Waals surface area contributed by atoms with Crippen molar-refractivity contribution in [1.82, 2.24) is 4.90 Å². The van der Waals surface area contributed by atoms with E-state index in [1.807, 2.05) is 17.5 Å². The fraction of sp³-hybridized carbons (Fsp3) is 0.158. The third kappa shape index (κ3) is 4.23. The molecule has 0 bridgehead atoms. The SMILES string of the molecule is COc1cc(N=[N+]=[N-])c(C(=O)N(Cc2cccs2)C(=O)c2ccco2)cc1OC. The predicted molar refractivity (Wildman–Crippen MR) is 106 cm³/mol. The second-order valence-electron chi connectivity index (χ2n) is 5.67. The van der Waals surface area contributed by atoms with Crippen molar-refractivity contribution in [3.05, 3.63) is 74.7 Å². The molecule has 10 heteroatoms. The Bertz CT molecular complexity index is 1060. The topological polar surface area (TPSA) is 118 Å². The van der Waals surface area contributed by atoms with Crippen LogP contribution >= 0.6 is 11.3 Å². The van der Waals surface area contributed by atoms with Gasteiger partial charge in [-0.25, -0.2) is 0 Å². The van der Waals surface area contributed by atoms with Gasteiger partial charge in [0.05, 0.1) is 38.3 Å². The molecule has 0 atom stereocenters. The molecule has 0 saturated heterocycles. The van der Waals surface area contributed by atoms with Gasteiger partial charge in [0.15, 0.2) is 17.3 Å². The highest BCUT2D eigenvalue weighted by molar-refractivity contribution is 7.09. The van der Waals surface area contributed by atoms with Crippen LogP contribution in [0, 0.1) is 0 Å². The van der Waals surface area contributed by atoms with Crippen molar-refractivity contribution in [3.63, 3.8) is 0 Å². The van der Waals surface area contributed by atoms with Crippen LogP contribution in [0.3, 0.4) is 0 Å². The summed E-state index contributed by atoms with van der Waals surface area (Å²) < 4.78 is 15.6. The van der Waals surface area contributed by atoms with Gasteiger partial charge >= 0.3 is 0 Å². The lowest BCUT2D eigenvalue weighted by molar-refractivity contribution is 0.0586. The molecular weight excluding hydrogens is 396 g/mol. The van der Waals surface area contributed by atoms with Gasteiger partial charge in [-0.2, -0.15) is 0 Å². The number of carbonyl (C=O) groups excluding carboxylic acids is 2. The number of carbonyl (C=O) groups is 2. The molecule has 0 unspecified atom stereocenters. The van der Waals surface area contributed by atoms with Gasteiger partial charge in [-0.1, -0.05) is 11.2 Å². The molecule has 0 aliphatic carbocycles. The van der Waals surface area contributed by atoms with Crippen molar-refractivity contribution in [2.45, 2.75) is 6.54 Å². The lowest BCUT2D eigenvalue weighted by atomic mass is 10.1. The zero-order chi connectivity index (χ0) is 20.8. The summed E-state index contributed by atoms with van der Waals surface area (Å²) in [6.07, 6.45) is 1.35. The van der Waals surface area contributed by atoms with E-state index in [9.17, 15) is 9.59 Å². The lowest BCUT2D eigenvalue weighted by Crippen LogP contribution is -2.36. The molecule has 0 aliphatic rings. The van der Waals surface area contributed by atoms with Gasteiger partial charge in [-0.15, -0.1) is 11.3 Å². The molecule has 148 valence electrons. The van der Waals surface area contributed by atoms with E-state index < -0.39 is 11.8 Å². The highest BCUT2D eigenvalue weighted by atomic mass is 32.1. The van der Waals surface area contributed by atoms with Crippen LogP contribution in [0.2, 0.25) is 0 Å². The van der Waals surface area contributed by atoms with Crippen molar-refractivity contribution in [3.8, 4) is 11.5 Å². The first-order valence-corrected chi connectivity index (χ1v) is 9.20. The molecule has 2 aromatic heterocycles. The van der Waals surface area contributed by atoms with E-state index in [0.717, 1.165) is 9.78 Å². The summed E-state index contributed by atoms with van der Waals surface area (Å²) in [4.78, 5) is 30.9. The molecule has 0 N–H and O–H groups in total. The number of amides is 2. The lowest BCUT2D eigenvalue weighted by Gasteiger charge is -2.21. The quantitative estimate of drug-likeness (QED) is 0.239. The Hall–Kier alpha value is -3.75.